The average Bonchev–Trinajstić information content (AvgIpc) is 2.85. The molecule has 0 aliphatic carbocycles. The smallest absolute Gasteiger partial charge is 0.142 e. The summed E-state index contributed by atoms with van der Waals surface area (Å²) in [7, 11) is 0. The second kappa shape index (κ2) is 13.7. The van der Waals surface area contributed by atoms with Crippen LogP contribution in [0.4, 0.5) is 0 Å². The Morgan fingerprint density at radius 3 is 0.579 bits per heavy atom. The predicted octanol–water partition coefficient (Wildman–Crippen LogP) is 10.3. The summed E-state index contributed by atoms with van der Waals surface area (Å²) in [5.41, 5.74) is 4.04. The van der Waals surface area contributed by atoms with E-state index < -0.39 is 0 Å². The third-order valence-corrected chi connectivity index (χ3v) is 12.5. The molecule has 4 N–H and O–H groups in total. The SMILES string of the molecule is Oc1c(I)cc(C(c2cc(I)c(O)c(I)c2)C(c2cc(I)c(O)c(I)c2)c2cc(I)c(O)c(I)c2)cc1I. The molecule has 0 unspecified atom stereocenters. The van der Waals surface area contributed by atoms with Gasteiger partial charge in [-0.15, -0.1) is 0 Å². The summed E-state index contributed by atoms with van der Waals surface area (Å²) in [6.45, 7) is 0. The largest absolute Gasteiger partial charge is 0.506 e. The van der Waals surface area contributed by atoms with Crippen LogP contribution >= 0.6 is 181 Å². The van der Waals surface area contributed by atoms with E-state index in [1.54, 1.807) is 0 Å². The molecule has 0 spiro atoms. The first kappa shape index (κ1) is 32.8. The van der Waals surface area contributed by atoms with Gasteiger partial charge in [-0.25, -0.2) is 0 Å². The first-order valence-electron chi connectivity index (χ1n) is 10.5. The fourth-order valence-corrected chi connectivity index (χ4v) is 11.5. The maximum atomic E-state index is 10.6. The molecular weight excluding hydrogens is 1390 g/mol. The Morgan fingerprint density at radius 2 is 0.447 bits per heavy atom. The van der Waals surface area contributed by atoms with Gasteiger partial charge in [0.15, 0.2) is 0 Å². The summed E-state index contributed by atoms with van der Waals surface area (Å²) in [6.07, 6.45) is 0. The third kappa shape index (κ3) is 7.00. The van der Waals surface area contributed by atoms with Crippen molar-refractivity contribution in [2.45, 2.75) is 11.8 Å². The van der Waals surface area contributed by atoms with Gasteiger partial charge < -0.3 is 20.4 Å². The van der Waals surface area contributed by atoms with Crippen LogP contribution in [0.5, 0.6) is 23.0 Å². The van der Waals surface area contributed by atoms with Gasteiger partial charge in [-0.2, -0.15) is 0 Å². The summed E-state index contributed by atoms with van der Waals surface area (Å²) in [5, 5.41) is 42.3. The van der Waals surface area contributed by atoms with E-state index in [1.165, 1.54) is 0 Å². The van der Waals surface area contributed by atoms with Gasteiger partial charge >= 0.3 is 0 Å². The number of rotatable bonds is 5. The number of phenols is 4. The summed E-state index contributed by atoms with van der Waals surface area (Å²) in [6, 6.07) is 16.1. The van der Waals surface area contributed by atoms with Crippen molar-refractivity contribution in [2.75, 3.05) is 0 Å². The molecule has 0 saturated heterocycles. The Hall–Kier alpha value is 1.92. The van der Waals surface area contributed by atoms with Crippen LogP contribution in [0.25, 0.3) is 0 Å². The van der Waals surface area contributed by atoms with E-state index in [4.69, 9.17) is 0 Å². The zero-order valence-electron chi connectivity index (χ0n) is 18.6. The molecule has 4 aromatic rings. The molecule has 0 amide bonds. The van der Waals surface area contributed by atoms with E-state index in [9.17, 15) is 20.4 Å². The van der Waals surface area contributed by atoms with E-state index in [2.05, 4.69) is 181 Å². The fourth-order valence-electron chi connectivity index (χ4n) is 4.21. The van der Waals surface area contributed by atoms with E-state index in [0.29, 0.717) is 0 Å². The molecule has 198 valence electrons. The van der Waals surface area contributed by atoms with E-state index in [1.807, 2.05) is 48.5 Å². The second-order valence-corrected chi connectivity index (χ2v) is 17.6. The number of hydrogen-bond donors (Lipinski definition) is 4. The summed E-state index contributed by atoms with van der Waals surface area (Å²) in [5.74, 6) is 0.579. The number of aromatic hydroxyl groups is 4. The molecule has 0 bridgehead atoms. The van der Waals surface area contributed by atoms with Crippen LogP contribution in [0.1, 0.15) is 34.1 Å². The molecule has 0 saturated carbocycles. The quantitative estimate of drug-likeness (QED) is 0.150. The highest BCUT2D eigenvalue weighted by Crippen LogP contribution is 2.48. The number of benzene rings is 4. The molecule has 12 heteroatoms. The minimum atomic E-state index is -0.215. The Morgan fingerprint density at radius 1 is 0.316 bits per heavy atom. The minimum Gasteiger partial charge on any atom is -0.506 e. The van der Waals surface area contributed by atoms with Crippen LogP contribution < -0.4 is 0 Å². The Labute approximate surface area is 329 Å². The van der Waals surface area contributed by atoms with Crippen LogP contribution in [0.15, 0.2) is 48.5 Å². The monoisotopic (exact) mass is 1410 g/mol. The average molecular weight is 1410 g/mol. The highest BCUT2D eigenvalue weighted by Gasteiger charge is 2.32. The van der Waals surface area contributed by atoms with E-state index in [-0.39, 0.29) is 34.8 Å². The van der Waals surface area contributed by atoms with Gasteiger partial charge in [0, 0.05) is 11.8 Å². The Bertz CT molecular complexity index is 1250. The van der Waals surface area contributed by atoms with Gasteiger partial charge in [0.2, 0.25) is 0 Å². The molecule has 0 aliphatic heterocycles. The topological polar surface area (TPSA) is 80.9 Å². The van der Waals surface area contributed by atoms with E-state index in [0.717, 1.165) is 50.8 Å². The zero-order chi connectivity index (χ0) is 28.0. The molecule has 0 atom stereocenters. The summed E-state index contributed by atoms with van der Waals surface area (Å²) < 4.78 is 6.01. The van der Waals surface area contributed by atoms with Gasteiger partial charge in [-0.3, -0.25) is 0 Å². The van der Waals surface area contributed by atoms with Crippen molar-refractivity contribution < 1.29 is 20.4 Å². The molecule has 0 aliphatic rings. The van der Waals surface area contributed by atoms with E-state index >= 15 is 0 Å². The fraction of sp³-hybridized carbons (Fsp3) is 0.0769. The maximum absolute atomic E-state index is 10.6. The van der Waals surface area contributed by atoms with Crippen LogP contribution in [0.3, 0.4) is 0 Å². The highest BCUT2D eigenvalue weighted by molar-refractivity contribution is 14.1. The van der Waals surface area contributed by atoms with Crippen LogP contribution in [-0.4, -0.2) is 20.4 Å². The molecule has 0 fully saturated rings. The number of halogens is 8. The van der Waals surface area contributed by atoms with Crippen molar-refractivity contribution in [1.82, 2.24) is 0 Å². The first-order valence-corrected chi connectivity index (χ1v) is 19.1. The summed E-state index contributed by atoms with van der Waals surface area (Å²) in [4.78, 5) is 0. The maximum Gasteiger partial charge on any atom is 0.142 e. The Kier molecular flexibility index (Phi) is 11.8. The molecule has 0 aromatic heterocycles. The van der Waals surface area contributed by atoms with Crippen LogP contribution in [0.2, 0.25) is 0 Å². The third-order valence-electron chi connectivity index (χ3n) is 5.93. The lowest BCUT2D eigenvalue weighted by Gasteiger charge is -2.31. The molecule has 38 heavy (non-hydrogen) atoms. The molecule has 4 nitrogen and oxygen atoms in total. The van der Waals surface area contributed by atoms with Crippen LogP contribution in [-0.2, 0) is 0 Å². The van der Waals surface area contributed by atoms with Crippen molar-refractivity contribution >= 4 is 181 Å². The normalized spacial score (nSPS) is 11.5. The van der Waals surface area contributed by atoms with Gasteiger partial charge in [0.25, 0.3) is 0 Å². The lowest BCUT2D eigenvalue weighted by molar-refractivity contribution is 0.464. The van der Waals surface area contributed by atoms with Crippen molar-refractivity contribution in [3.63, 3.8) is 0 Å². The van der Waals surface area contributed by atoms with Gasteiger partial charge in [0.1, 0.15) is 23.0 Å². The second-order valence-electron chi connectivity index (χ2n) is 8.29. The predicted molar refractivity (Wildman–Crippen MR) is 218 cm³/mol. The van der Waals surface area contributed by atoms with Gasteiger partial charge in [0.05, 0.1) is 28.6 Å². The Balaban J connectivity index is 2.14. The lowest BCUT2D eigenvalue weighted by Crippen LogP contribution is -2.17. The lowest BCUT2D eigenvalue weighted by atomic mass is 9.73. The standard InChI is InChI=1S/C26H14I8O4/c27-13-1-9(2-14(28)23(13)35)21(10-3-15(29)24(36)16(30)4-10)22(11-5-17(31)25(37)18(32)6-11)12-7-19(33)26(38)20(34)8-12/h1-8,21-22,35-38H. The molecular formula is C26H14I8O4. The number of hydrogen-bond acceptors (Lipinski definition) is 4. The van der Waals surface area contributed by atoms with Crippen LogP contribution in [0, 0.1) is 28.6 Å². The highest BCUT2D eigenvalue weighted by atomic mass is 127. The molecule has 0 radical (unpaired) electrons. The van der Waals surface area contributed by atoms with Crippen molar-refractivity contribution in [1.29, 1.82) is 0 Å². The zero-order valence-corrected chi connectivity index (χ0v) is 35.8. The summed E-state index contributed by atoms with van der Waals surface area (Å²) >= 11 is 17.3. The van der Waals surface area contributed by atoms with Gasteiger partial charge in [-0.1, -0.05) is 0 Å². The molecule has 4 aromatic carbocycles. The van der Waals surface area contributed by atoms with Crippen molar-refractivity contribution in [2.24, 2.45) is 0 Å². The van der Waals surface area contributed by atoms with Crippen molar-refractivity contribution in [3.8, 4) is 23.0 Å². The molecule has 0 heterocycles. The molecule has 4 rings (SSSR count). The van der Waals surface area contributed by atoms with Crippen molar-refractivity contribution in [3.05, 3.63) is 99.3 Å². The first-order chi connectivity index (χ1) is 17.8. The number of phenolic OH excluding ortho intramolecular Hbond substituents is 4. The minimum absolute atomic E-state index is 0.215. The van der Waals surface area contributed by atoms with Gasteiger partial charge in [-0.05, 0) is 252 Å².